The average molecular weight is 418 g/mol. The summed E-state index contributed by atoms with van der Waals surface area (Å²) in [7, 11) is 1.59. The molecule has 0 bridgehead atoms. The number of aromatic nitrogens is 2. The van der Waals surface area contributed by atoms with Crippen molar-refractivity contribution in [3.63, 3.8) is 0 Å². The van der Waals surface area contributed by atoms with Gasteiger partial charge in [0.15, 0.2) is 0 Å². The third-order valence-electron chi connectivity index (χ3n) is 5.77. The van der Waals surface area contributed by atoms with Crippen LogP contribution in [0, 0.1) is 13.8 Å². The number of fused-ring (bicyclic) bond motifs is 1. The summed E-state index contributed by atoms with van der Waals surface area (Å²) in [4.78, 5) is 36.4. The quantitative estimate of drug-likeness (QED) is 0.703. The number of piperidine rings is 1. The maximum Gasteiger partial charge on any atom is 0.253 e. The molecule has 2 heterocycles. The van der Waals surface area contributed by atoms with E-state index in [1.165, 1.54) is 0 Å². The molecule has 1 N–H and O–H groups in total. The number of rotatable bonds is 4. The smallest absolute Gasteiger partial charge is 0.253 e. The molecule has 1 saturated heterocycles. The zero-order valence-electron chi connectivity index (χ0n) is 18.0. The lowest BCUT2D eigenvalue weighted by atomic mass is 10.0. The molecule has 3 aromatic rings. The van der Waals surface area contributed by atoms with Crippen molar-refractivity contribution in [1.29, 1.82) is 0 Å². The van der Waals surface area contributed by atoms with Crippen LogP contribution in [0.25, 0.3) is 11.0 Å². The lowest BCUT2D eigenvalue weighted by molar-refractivity contribution is 0.0697. The lowest BCUT2D eigenvalue weighted by Crippen LogP contribution is -2.46. The number of benzene rings is 2. The fourth-order valence-corrected chi connectivity index (χ4v) is 3.81. The van der Waals surface area contributed by atoms with Gasteiger partial charge < -0.3 is 15.0 Å². The van der Waals surface area contributed by atoms with Crippen LogP contribution < -0.4 is 10.1 Å². The second kappa shape index (κ2) is 8.71. The first-order chi connectivity index (χ1) is 14.9. The molecule has 0 atom stereocenters. The van der Waals surface area contributed by atoms with Crippen molar-refractivity contribution in [3.8, 4) is 5.75 Å². The largest absolute Gasteiger partial charge is 0.497 e. The van der Waals surface area contributed by atoms with Crippen LogP contribution >= 0.6 is 0 Å². The third-order valence-corrected chi connectivity index (χ3v) is 5.77. The summed E-state index contributed by atoms with van der Waals surface area (Å²) in [5.41, 5.74) is 4.43. The molecule has 4 rings (SSSR count). The first kappa shape index (κ1) is 20.8. The molecule has 160 valence electrons. The standard InChI is InChI=1S/C24H26N4O3/c1-15-16(2)26-22-14-17(7-8-21(22)25-15)23(29)27-19-9-11-28(12-10-19)24(30)18-5-4-6-20(13-18)31-3/h4-8,13-14,19H,9-12H2,1-3H3,(H,27,29). The highest BCUT2D eigenvalue weighted by molar-refractivity contribution is 5.97. The van der Waals surface area contributed by atoms with Crippen LogP contribution in [0.15, 0.2) is 42.5 Å². The summed E-state index contributed by atoms with van der Waals surface area (Å²) in [6.07, 6.45) is 1.43. The summed E-state index contributed by atoms with van der Waals surface area (Å²) < 4.78 is 5.21. The first-order valence-electron chi connectivity index (χ1n) is 10.4. The highest BCUT2D eigenvalue weighted by Crippen LogP contribution is 2.19. The summed E-state index contributed by atoms with van der Waals surface area (Å²) in [6.45, 7) is 5.04. The molecule has 1 aromatic heterocycles. The van der Waals surface area contributed by atoms with E-state index in [1.807, 2.05) is 36.9 Å². The maximum absolute atomic E-state index is 12.8. The topological polar surface area (TPSA) is 84.4 Å². The number of ether oxygens (including phenoxy) is 1. The second-order valence-electron chi connectivity index (χ2n) is 7.87. The van der Waals surface area contributed by atoms with Crippen molar-refractivity contribution in [3.05, 3.63) is 65.0 Å². The molecule has 7 heteroatoms. The van der Waals surface area contributed by atoms with Crippen LogP contribution in [0.4, 0.5) is 0 Å². The minimum atomic E-state index is -0.125. The van der Waals surface area contributed by atoms with Crippen molar-refractivity contribution >= 4 is 22.8 Å². The molecule has 31 heavy (non-hydrogen) atoms. The number of methoxy groups -OCH3 is 1. The fraction of sp³-hybridized carbons (Fsp3) is 0.333. The molecule has 2 amide bonds. The SMILES string of the molecule is COc1cccc(C(=O)N2CCC(NC(=O)c3ccc4nc(C)c(C)nc4c3)CC2)c1. The molecule has 0 spiro atoms. The monoisotopic (exact) mass is 418 g/mol. The summed E-state index contributed by atoms with van der Waals surface area (Å²) >= 11 is 0. The van der Waals surface area contributed by atoms with Gasteiger partial charge in [0.05, 0.1) is 29.5 Å². The van der Waals surface area contributed by atoms with E-state index in [0.29, 0.717) is 42.8 Å². The van der Waals surface area contributed by atoms with E-state index in [-0.39, 0.29) is 17.9 Å². The predicted molar refractivity (Wildman–Crippen MR) is 118 cm³/mol. The van der Waals surface area contributed by atoms with Gasteiger partial charge in [0.1, 0.15) is 5.75 Å². The van der Waals surface area contributed by atoms with Gasteiger partial charge in [-0.3, -0.25) is 9.59 Å². The first-order valence-corrected chi connectivity index (χ1v) is 10.4. The van der Waals surface area contributed by atoms with Gasteiger partial charge in [-0.15, -0.1) is 0 Å². The normalized spacial score (nSPS) is 14.5. The Hall–Kier alpha value is -3.48. The molecule has 0 aliphatic carbocycles. The van der Waals surface area contributed by atoms with E-state index >= 15 is 0 Å². The molecule has 1 aliphatic heterocycles. The Morgan fingerprint density at radius 3 is 2.39 bits per heavy atom. The highest BCUT2D eigenvalue weighted by atomic mass is 16.5. The number of carbonyl (C=O) groups excluding carboxylic acids is 2. The van der Waals surface area contributed by atoms with Crippen LogP contribution in [0.5, 0.6) is 5.75 Å². The van der Waals surface area contributed by atoms with E-state index in [4.69, 9.17) is 4.74 Å². The molecule has 2 aromatic carbocycles. The highest BCUT2D eigenvalue weighted by Gasteiger charge is 2.25. The predicted octanol–water partition coefficient (Wildman–Crippen LogP) is 3.29. The minimum absolute atomic E-state index is 0.0116. The zero-order chi connectivity index (χ0) is 22.0. The Bertz CT molecular complexity index is 1140. The van der Waals surface area contributed by atoms with Gasteiger partial charge in [-0.25, -0.2) is 9.97 Å². The Balaban J connectivity index is 1.37. The maximum atomic E-state index is 12.8. The Morgan fingerprint density at radius 2 is 1.68 bits per heavy atom. The average Bonchev–Trinajstić information content (AvgIpc) is 2.79. The summed E-state index contributed by atoms with van der Waals surface area (Å²) in [5.74, 6) is 0.528. The van der Waals surface area contributed by atoms with Crippen molar-refractivity contribution in [2.75, 3.05) is 20.2 Å². The van der Waals surface area contributed by atoms with Crippen molar-refractivity contribution in [1.82, 2.24) is 20.2 Å². The number of likely N-dealkylation sites (tertiary alicyclic amines) is 1. The molecule has 1 fully saturated rings. The summed E-state index contributed by atoms with van der Waals surface area (Å²) in [5, 5.41) is 3.10. The van der Waals surface area contributed by atoms with Crippen LogP contribution in [0.1, 0.15) is 44.9 Å². The third kappa shape index (κ3) is 4.50. The Labute approximate surface area is 181 Å². The number of hydrogen-bond acceptors (Lipinski definition) is 5. The number of hydrogen-bond donors (Lipinski definition) is 1. The molecular weight excluding hydrogens is 392 g/mol. The van der Waals surface area contributed by atoms with Crippen LogP contribution in [0.2, 0.25) is 0 Å². The van der Waals surface area contributed by atoms with Crippen LogP contribution in [0.3, 0.4) is 0 Å². The van der Waals surface area contributed by atoms with Gasteiger partial charge in [0.25, 0.3) is 11.8 Å². The van der Waals surface area contributed by atoms with Crippen LogP contribution in [-0.4, -0.2) is 52.9 Å². The number of nitrogens with one attached hydrogen (secondary N) is 1. The van der Waals surface area contributed by atoms with Gasteiger partial charge in [0.2, 0.25) is 0 Å². The zero-order valence-corrected chi connectivity index (χ0v) is 18.0. The van der Waals surface area contributed by atoms with Gasteiger partial charge >= 0.3 is 0 Å². The molecule has 7 nitrogen and oxygen atoms in total. The van der Waals surface area contributed by atoms with Gasteiger partial charge in [0, 0.05) is 30.3 Å². The molecular formula is C24H26N4O3. The van der Waals surface area contributed by atoms with Crippen molar-refractivity contribution in [2.45, 2.75) is 32.7 Å². The van der Waals surface area contributed by atoms with E-state index in [9.17, 15) is 9.59 Å². The van der Waals surface area contributed by atoms with E-state index in [0.717, 1.165) is 22.4 Å². The van der Waals surface area contributed by atoms with E-state index in [2.05, 4.69) is 15.3 Å². The number of nitrogens with zero attached hydrogens (tertiary/aromatic N) is 3. The Morgan fingerprint density at radius 1 is 0.968 bits per heavy atom. The van der Waals surface area contributed by atoms with Gasteiger partial charge in [-0.05, 0) is 63.1 Å². The number of amides is 2. The van der Waals surface area contributed by atoms with Crippen molar-refractivity contribution in [2.24, 2.45) is 0 Å². The van der Waals surface area contributed by atoms with Gasteiger partial charge in [-0.1, -0.05) is 6.07 Å². The Kier molecular flexibility index (Phi) is 5.84. The van der Waals surface area contributed by atoms with Crippen molar-refractivity contribution < 1.29 is 14.3 Å². The number of carbonyl (C=O) groups is 2. The fourth-order valence-electron chi connectivity index (χ4n) is 3.81. The van der Waals surface area contributed by atoms with Crippen LogP contribution in [-0.2, 0) is 0 Å². The lowest BCUT2D eigenvalue weighted by Gasteiger charge is -2.32. The number of aryl methyl sites for hydroxylation is 2. The summed E-state index contributed by atoms with van der Waals surface area (Å²) in [6, 6.07) is 12.6. The molecule has 0 radical (unpaired) electrons. The van der Waals surface area contributed by atoms with E-state index in [1.54, 1.807) is 31.4 Å². The minimum Gasteiger partial charge on any atom is -0.497 e. The molecule has 0 saturated carbocycles. The molecule has 0 unspecified atom stereocenters. The van der Waals surface area contributed by atoms with E-state index < -0.39 is 0 Å². The molecule has 1 aliphatic rings. The second-order valence-corrected chi connectivity index (χ2v) is 7.87. The van der Waals surface area contributed by atoms with Gasteiger partial charge in [-0.2, -0.15) is 0 Å².